The third kappa shape index (κ3) is 4.47. The van der Waals surface area contributed by atoms with E-state index in [4.69, 9.17) is 4.42 Å². The standard InChI is InChI=1S/C23H25N3O/c1-19(16-22-9-5-15-27-22)17-24-26-13-11-25(12-14-26)18-21-8-4-7-20-6-2-3-10-23(20)21/h2-10,15-17H,11-14,18H2,1H3/b19-16-,24-17-. The number of allylic oxidation sites excluding steroid dienone is 1. The van der Waals surface area contributed by atoms with Crippen LogP contribution in [0.4, 0.5) is 0 Å². The molecular formula is C23H25N3O. The molecule has 4 nitrogen and oxygen atoms in total. The Hall–Kier alpha value is -2.85. The molecule has 0 atom stereocenters. The van der Waals surface area contributed by atoms with E-state index in [1.807, 2.05) is 31.3 Å². The van der Waals surface area contributed by atoms with Crippen molar-refractivity contribution in [1.82, 2.24) is 9.91 Å². The quantitative estimate of drug-likeness (QED) is 0.622. The number of nitrogens with zero attached hydrogens (tertiary/aromatic N) is 3. The Kier molecular flexibility index (Phi) is 5.35. The summed E-state index contributed by atoms with van der Waals surface area (Å²) in [7, 11) is 0. The smallest absolute Gasteiger partial charge is 0.126 e. The molecule has 0 radical (unpaired) electrons. The molecular weight excluding hydrogens is 334 g/mol. The molecule has 1 aliphatic heterocycles. The number of fused-ring (bicyclic) bond motifs is 1. The molecule has 0 bridgehead atoms. The second kappa shape index (κ2) is 8.23. The van der Waals surface area contributed by atoms with Gasteiger partial charge in [0.15, 0.2) is 0 Å². The third-order valence-electron chi connectivity index (χ3n) is 4.96. The molecule has 1 fully saturated rings. The van der Waals surface area contributed by atoms with E-state index in [0.717, 1.165) is 44.1 Å². The number of hydrazone groups is 1. The van der Waals surface area contributed by atoms with Crippen LogP contribution in [0.15, 0.2) is 76.0 Å². The lowest BCUT2D eigenvalue weighted by Gasteiger charge is -2.33. The predicted octanol–water partition coefficient (Wildman–Crippen LogP) is 4.64. The Morgan fingerprint density at radius 3 is 2.63 bits per heavy atom. The van der Waals surface area contributed by atoms with E-state index >= 15 is 0 Å². The molecule has 2 heterocycles. The van der Waals surface area contributed by atoms with Crippen LogP contribution in [0.25, 0.3) is 16.8 Å². The second-order valence-electron chi connectivity index (χ2n) is 7.02. The highest BCUT2D eigenvalue weighted by Crippen LogP contribution is 2.20. The average molecular weight is 359 g/mol. The normalized spacial score (nSPS) is 16.5. The largest absolute Gasteiger partial charge is 0.465 e. The summed E-state index contributed by atoms with van der Waals surface area (Å²) in [5, 5.41) is 9.46. The van der Waals surface area contributed by atoms with Gasteiger partial charge in [-0.2, -0.15) is 5.10 Å². The van der Waals surface area contributed by atoms with E-state index in [0.29, 0.717) is 0 Å². The van der Waals surface area contributed by atoms with Gasteiger partial charge in [-0.3, -0.25) is 9.91 Å². The van der Waals surface area contributed by atoms with Crippen LogP contribution in [0.1, 0.15) is 18.2 Å². The molecule has 0 spiro atoms. The van der Waals surface area contributed by atoms with Crippen LogP contribution in [0.5, 0.6) is 0 Å². The molecule has 0 unspecified atom stereocenters. The molecule has 2 aromatic carbocycles. The molecule has 0 amide bonds. The van der Waals surface area contributed by atoms with E-state index in [2.05, 4.69) is 57.5 Å². The van der Waals surface area contributed by atoms with Gasteiger partial charge in [-0.1, -0.05) is 42.5 Å². The predicted molar refractivity (Wildman–Crippen MR) is 112 cm³/mol. The Balaban J connectivity index is 1.33. The first kappa shape index (κ1) is 17.6. The number of hydrogen-bond donors (Lipinski definition) is 0. The van der Waals surface area contributed by atoms with Crippen molar-refractivity contribution >= 4 is 23.1 Å². The zero-order chi connectivity index (χ0) is 18.5. The molecule has 138 valence electrons. The fraction of sp³-hybridized carbons (Fsp3) is 0.261. The molecule has 4 rings (SSSR count). The molecule has 0 saturated carbocycles. The maximum Gasteiger partial charge on any atom is 0.126 e. The highest BCUT2D eigenvalue weighted by Gasteiger charge is 2.16. The summed E-state index contributed by atoms with van der Waals surface area (Å²) in [4.78, 5) is 2.51. The summed E-state index contributed by atoms with van der Waals surface area (Å²) in [6, 6.07) is 19.1. The Morgan fingerprint density at radius 1 is 1.00 bits per heavy atom. The Bertz CT molecular complexity index is 930. The number of benzene rings is 2. The number of piperazine rings is 1. The maximum absolute atomic E-state index is 5.34. The van der Waals surface area contributed by atoms with Crippen molar-refractivity contribution in [2.45, 2.75) is 13.5 Å². The van der Waals surface area contributed by atoms with Crippen molar-refractivity contribution in [1.29, 1.82) is 0 Å². The lowest BCUT2D eigenvalue weighted by atomic mass is 10.0. The first-order valence-corrected chi connectivity index (χ1v) is 9.48. The topological polar surface area (TPSA) is 32.0 Å². The van der Waals surface area contributed by atoms with Crippen LogP contribution in [0.3, 0.4) is 0 Å². The highest BCUT2D eigenvalue weighted by molar-refractivity contribution is 5.85. The summed E-state index contributed by atoms with van der Waals surface area (Å²) in [5.41, 5.74) is 2.49. The fourth-order valence-corrected chi connectivity index (χ4v) is 3.49. The summed E-state index contributed by atoms with van der Waals surface area (Å²) in [5.74, 6) is 0.860. The van der Waals surface area contributed by atoms with E-state index < -0.39 is 0 Å². The van der Waals surface area contributed by atoms with Gasteiger partial charge in [0, 0.05) is 32.7 Å². The van der Waals surface area contributed by atoms with Crippen molar-refractivity contribution in [3.8, 4) is 0 Å². The van der Waals surface area contributed by atoms with Crippen molar-refractivity contribution in [3.05, 3.63) is 77.8 Å². The van der Waals surface area contributed by atoms with Crippen molar-refractivity contribution in [3.63, 3.8) is 0 Å². The highest BCUT2D eigenvalue weighted by atomic mass is 16.3. The van der Waals surface area contributed by atoms with Gasteiger partial charge < -0.3 is 4.42 Å². The van der Waals surface area contributed by atoms with E-state index in [1.54, 1.807) is 6.26 Å². The van der Waals surface area contributed by atoms with Gasteiger partial charge in [0.05, 0.1) is 12.5 Å². The summed E-state index contributed by atoms with van der Waals surface area (Å²) in [6.07, 6.45) is 5.61. The first-order chi connectivity index (χ1) is 13.3. The van der Waals surface area contributed by atoms with Crippen LogP contribution in [-0.4, -0.2) is 42.3 Å². The van der Waals surface area contributed by atoms with Gasteiger partial charge in [-0.15, -0.1) is 0 Å². The van der Waals surface area contributed by atoms with Crippen molar-refractivity contribution in [2.75, 3.05) is 26.2 Å². The lowest BCUT2D eigenvalue weighted by molar-refractivity contribution is 0.131. The van der Waals surface area contributed by atoms with E-state index in [9.17, 15) is 0 Å². The Morgan fingerprint density at radius 2 is 1.81 bits per heavy atom. The van der Waals surface area contributed by atoms with Crippen molar-refractivity contribution < 1.29 is 4.42 Å². The van der Waals surface area contributed by atoms with Crippen LogP contribution in [-0.2, 0) is 6.54 Å². The minimum Gasteiger partial charge on any atom is -0.465 e. The average Bonchev–Trinajstić information content (AvgIpc) is 3.21. The van der Waals surface area contributed by atoms with Crippen LogP contribution in [0, 0.1) is 0 Å². The maximum atomic E-state index is 5.34. The molecule has 3 aromatic rings. The third-order valence-corrected chi connectivity index (χ3v) is 4.96. The second-order valence-corrected chi connectivity index (χ2v) is 7.02. The molecule has 0 aliphatic carbocycles. The SMILES string of the molecule is CC(/C=N\N1CCN(Cc2cccc3ccccc23)CC1)=C/c1ccco1. The molecule has 1 saturated heterocycles. The molecule has 1 aromatic heterocycles. The van der Waals surface area contributed by atoms with Gasteiger partial charge >= 0.3 is 0 Å². The van der Waals surface area contributed by atoms with Gasteiger partial charge in [-0.25, -0.2) is 0 Å². The van der Waals surface area contributed by atoms with Crippen molar-refractivity contribution in [2.24, 2.45) is 5.10 Å². The van der Waals surface area contributed by atoms with Crippen LogP contribution >= 0.6 is 0 Å². The molecule has 1 aliphatic rings. The van der Waals surface area contributed by atoms with Gasteiger partial charge in [0.1, 0.15) is 5.76 Å². The molecule has 0 N–H and O–H groups in total. The lowest BCUT2D eigenvalue weighted by Crippen LogP contribution is -2.43. The summed E-state index contributed by atoms with van der Waals surface area (Å²) < 4.78 is 5.34. The zero-order valence-electron chi connectivity index (χ0n) is 15.7. The van der Waals surface area contributed by atoms with E-state index in [-0.39, 0.29) is 0 Å². The van der Waals surface area contributed by atoms with Gasteiger partial charge in [-0.05, 0) is 47.0 Å². The monoisotopic (exact) mass is 359 g/mol. The summed E-state index contributed by atoms with van der Waals surface area (Å²) in [6.45, 7) is 7.01. The van der Waals surface area contributed by atoms with Gasteiger partial charge in [0.25, 0.3) is 0 Å². The fourth-order valence-electron chi connectivity index (χ4n) is 3.49. The van der Waals surface area contributed by atoms with Crippen LogP contribution < -0.4 is 0 Å². The molecule has 27 heavy (non-hydrogen) atoms. The zero-order valence-corrected chi connectivity index (χ0v) is 15.7. The number of hydrogen-bond acceptors (Lipinski definition) is 4. The van der Waals surface area contributed by atoms with Crippen LogP contribution in [0.2, 0.25) is 0 Å². The molecule has 4 heteroatoms. The number of furan rings is 1. The Labute approximate surface area is 160 Å². The summed E-state index contributed by atoms with van der Waals surface area (Å²) >= 11 is 0. The number of rotatable bonds is 5. The first-order valence-electron chi connectivity index (χ1n) is 9.48. The minimum absolute atomic E-state index is 0.860. The van der Waals surface area contributed by atoms with E-state index in [1.165, 1.54) is 16.3 Å². The minimum atomic E-state index is 0.860. The van der Waals surface area contributed by atoms with Gasteiger partial charge in [0.2, 0.25) is 0 Å².